The number of carbonyl (C=O) groups is 1. The molecule has 0 saturated heterocycles. The van der Waals surface area contributed by atoms with Crippen LogP contribution < -0.4 is 4.74 Å². The van der Waals surface area contributed by atoms with Crippen LogP contribution in [0.25, 0.3) is 0 Å². The Morgan fingerprint density at radius 3 is 2.18 bits per heavy atom. The lowest BCUT2D eigenvalue weighted by molar-refractivity contribution is 0.150. The molecule has 190 valence electrons. The Labute approximate surface area is 211 Å². The number of imidazole rings is 1. The third kappa shape index (κ3) is 10.1. The number of nitrogens with zero attached hydrogens (tertiary/aromatic N) is 2. The van der Waals surface area contributed by atoms with E-state index in [1.54, 1.807) is 11.8 Å². The van der Waals surface area contributed by atoms with Crippen LogP contribution in [0.1, 0.15) is 109 Å². The van der Waals surface area contributed by atoms with Crippen LogP contribution in [0.15, 0.2) is 35.5 Å². The predicted octanol–water partition coefficient (Wildman–Crippen LogP) is 8.39. The van der Waals surface area contributed by atoms with Crippen LogP contribution in [0.5, 0.6) is 5.75 Å². The van der Waals surface area contributed by atoms with Gasteiger partial charge >= 0.3 is 6.09 Å². The smallest absolute Gasteiger partial charge is 0.410 e. The maximum Gasteiger partial charge on any atom is 0.415 e. The first-order valence-electron chi connectivity index (χ1n) is 13.2. The Balaban J connectivity index is 1.76. The van der Waals surface area contributed by atoms with Gasteiger partial charge in [-0.25, -0.2) is 9.78 Å². The lowest BCUT2D eigenvalue weighted by Crippen LogP contribution is -2.35. The van der Waals surface area contributed by atoms with Gasteiger partial charge < -0.3 is 14.6 Å². The number of nitrogens with one attached hydrogen (secondary N) is 1. The largest absolute Gasteiger partial charge is 0.415 e. The van der Waals surface area contributed by atoms with Crippen LogP contribution in [-0.2, 0) is 0 Å². The van der Waals surface area contributed by atoms with Crippen molar-refractivity contribution in [1.82, 2.24) is 14.9 Å². The summed E-state index contributed by atoms with van der Waals surface area (Å²) in [6.07, 6.45) is 8.89. The van der Waals surface area contributed by atoms with Gasteiger partial charge in [-0.3, -0.25) is 0 Å². The second kappa shape index (κ2) is 15.9. The maximum atomic E-state index is 12.8. The van der Waals surface area contributed by atoms with Crippen molar-refractivity contribution in [2.45, 2.75) is 103 Å². The number of rotatable bonds is 16. The van der Waals surface area contributed by atoms with E-state index in [9.17, 15) is 4.79 Å². The second-order valence-corrected chi connectivity index (χ2v) is 10.7. The molecular weight excluding hydrogens is 442 g/mol. The molecule has 1 N–H and O–H groups in total. The highest BCUT2D eigenvalue weighted by Gasteiger charge is 2.17. The van der Waals surface area contributed by atoms with Gasteiger partial charge in [-0.15, -0.1) is 0 Å². The fourth-order valence-corrected chi connectivity index (χ4v) is 4.82. The first-order valence-corrected chi connectivity index (χ1v) is 14.1. The third-order valence-electron chi connectivity index (χ3n) is 5.91. The molecule has 5 nitrogen and oxygen atoms in total. The zero-order valence-corrected chi connectivity index (χ0v) is 22.8. The third-order valence-corrected chi connectivity index (χ3v) is 6.87. The Kier molecular flexibility index (Phi) is 13.2. The van der Waals surface area contributed by atoms with Crippen molar-refractivity contribution in [2.24, 2.45) is 0 Å². The molecule has 0 aliphatic carbocycles. The van der Waals surface area contributed by atoms with Gasteiger partial charge in [0.1, 0.15) is 5.75 Å². The molecule has 34 heavy (non-hydrogen) atoms. The minimum absolute atomic E-state index is 0.228. The lowest BCUT2D eigenvalue weighted by atomic mass is 10.0. The minimum atomic E-state index is -0.228. The number of unbranched alkanes of at least 4 members (excludes halogenated alkanes) is 6. The number of H-pyrrole nitrogens is 1. The normalized spacial score (nSPS) is 11.4. The average molecular weight is 488 g/mol. The molecule has 0 spiro atoms. The van der Waals surface area contributed by atoms with Crippen molar-refractivity contribution >= 4 is 17.9 Å². The van der Waals surface area contributed by atoms with Crippen molar-refractivity contribution in [3.63, 3.8) is 0 Å². The van der Waals surface area contributed by atoms with Crippen molar-refractivity contribution in [3.05, 3.63) is 41.7 Å². The zero-order valence-electron chi connectivity index (χ0n) is 21.9. The van der Waals surface area contributed by atoms with Gasteiger partial charge in [0.05, 0.1) is 5.69 Å². The molecule has 2 rings (SSSR count). The molecule has 0 bridgehead atoms. The fourth-order valence-electron chi connectivity index (χ4n) is 3.93. The summed E-state index contributed by atoms with van der Waals surface area (Å²) in [7, 11) is 0. The van der Waals surface area contributed by atoms with E-state index in [0.29, 0.717) is 17.6 Å². The molecule has 0 atom stereocenters. The molecule has 0 aliphatic heterocycles. The SMILES string of the molecule is CCCCCCCN(CCCCCSc1nc(C(C)C)c(C(C)C)[nH]1)C(=O)Oc1ccccc1. The number of para-hydroxylation sites is 1. The minimum Gasteiger partial charge on any atom is -0.410 e. The quantitative estimate of drug-likeness (QED) is 0.191. The number of thioether (sulfide) groups is 1. The summed E-state index contributed by atoms with van der Waals surface area (Å²) < 4.78 is 5.61. The predicted molar refractivity (Wildman–Crippen MR) is 144 cm³/mol. The summed E-state index contributed by atoms with van der Waals surface area (Å²) in [4.78, 5) is 23.0. The zero-order chi connectivity index (χ0) is 24.8. The number of ether oxygens (including phenoxy) is 1. The Bertz CT molecular complexity index is 795. The number of carbonyl (C=O) groups excluding carboxylic acids is 1. The van der Waals surface area contributed by atoms with E-state index in [1.807, 2.05) is 35.2 Å². The molecule has 1 aromatic heterocycles. The molecule has 1 aromatic carbocycles. The van der Waals surface area contributed by atoms with Gasteiger partial charge in [-0.05, 0) is 43.2 Å². The Morgan fingerprint density at radius 1 is 0.941 bits per heavy atom. The van der Waals surface area contributed by atoms with Crippen LogP contribution in [0, 0.1) is 0 Å². The summed E-state index contributed by atoms with van der Waals surface area (Å²) in [5.74, 6) is 2.54. The second-order valence-electron chi connectivity index (χ2n) is 9.64. The number of hydrogen-bond acceptors (Lipinski definition) is 4. The van der Waals surface area contributed by atoms with Gasteiger partial charge in [0, 0.05) is 24.5 Å². The van der Waals surface area contributed by atoms with Gasteiger partial charge in [0.25, 0.3) is 0 Å². The van der Waals surface area contributed by atoms with Crippen LogP contribution >= 0.6 is 11.8 Å². The molecule has 0 fully saturated rings. The molecule has 1 heterocycles. The van der Waals surface area contributed by atoms with Crippen LogP contribution in [0.4, 0.5) is 4.79 Å². The molecular formula is C28H45N3O2S. The molecule has 0 saturated carbocycles. The van der Waals surface area contributed by atoms with E-state index in [2.05, 4.69) is 39.6 Å². The summed E-state index contributed by atoms with van der Waals surface area (Å²) in [6.45, 7) is 12.6. The standard InChI is InChI=1S/C28H45N3O2S/c1-6-7-8-9-14-19-31(28(32)33-24-17-12-10-13-18-24)20-15-11-16-21-34-27-29-25(22(2)3)26(30-27)23(4)5/h10,12-13,17-18,22-23H,6-9,11,14-16,19-21H2,1-5H3,(H,29,30). The molecule has 0 radical (unpaired) electrons. The number of amides is 1. The van der Waals surface area contributed by atoms with Crippen LogP contribution in [-0.4, -0.2) is 39.8 Å². The Morgan fingerprint density at radius 2 is 1.59 bits per heavy atom. The highest BCUT2D eigenvalue weighted by molar-refractivity contribution is 7.99. The highest BCUT2D eigenvalue weighted by Crippen LogP contribution is 2.28. The van der Waals surface area contributed by atoms with E-state index in [0.717, 1.165) is 49.7 Å². The molecule has 0 unspecified atom stereocenters. The van der Waals surface area contributed by atoms with Crippen molar-refractivity contribution in [2.75, 3.05) is 18.8 Å². The summed E-state index contributed by atoms with van der Waals surface area (Å²) >= 11 is 1.81. The van der Waals surface area contributed by atoms with Gasteiger partial charge in [0.15, 0.2) is 5.16 Å². The maximum absolute atomic E-state index is 12.8. The van der Waals surface area contributed by atoms with E-state index in [-0.39, 0.29) is 6.09 Å². The monoisotopic (exact) mass is 487 g/mol. The number of hydrogen-bond donors (Lipinski definition) is 1. The molecule has 2 aromatic rings. The summed E-state index contributed by atoms with van der Waals surface area (Å²) in [5, 5.41) is 1.03. The summed E-state index contributed by atoms with van der Waals surface area (Å²) in [5.41, 5.74) is 2.47. The average Bonchev–Trinajstić information content (AvgIpc) is 3.25. The lowest BCUT2D eigenvalue weighted by Gasteiger charge is -2.22. The van der Waals surface area contributed by atoms with E-state index in [1.165, 1.54) is 37.1 Å². The van der Waals surface area contributed by atoms with Crippen LogP contribution in [0.3, 0.4) is 0 Å². The first kappa shape index (κ1) is 28.3. The van der Waals surface area contributed by atoms with Crippen molar-refractivity contribution in [3.8, 4) is 5.75 Å². The van der Waals surface area contributed by atoms with E-state index < -0.39 is 0 Å². The fraction of sp³-hybridized carbons (Fsp3) is 0.643. The first-order chi connectivity index (χ1) is 16.4. The Hall–Kier alpha value is -1.95. The number of benzene rings is 1. The topological polar surface area (TPSA) is 58.2 Å². The van der Waals surface area contributed by atoms with E-state index in [4.69, 9.17) is 9.72 Å². The number of aromatic nitrogens is 2. The molecule has 0 aliphatic rings. The number of aromatic amines is 1. The molecule has 6 heteroatoms. The summed E-state index contributed by atoms with van der Waals surface area (Å²) in [6, 6.07) is 9.37. The van der Waals surface area contributed by atoms with Gasteiger partial charge in [-0.2, -0.15) is 0 Å². The van der Waals surface area contributed by atoms with Crippen LogP contribution in [0.2, 0.25) is 0 Å². The van der Waals surface area contributed by atoms with Gasteiger partial charge in [0.2, 0.25) is 0 Å². The van der Waals surface area contributed by atoms with Crippen molar-refractivity contribution in [1.29, 1.82) is 0 Å². The van der Waals surface area contributed by atoms with E-state index >= 15 is 0 Å². The van der Waals surface area contributed by atoms with Gasteiger partial charge in [-0.1, -0.05) is 96.7 Å². The van der Waals surface area contributed by atoms with Crippen molar-refractivity contribution < 1.29 is 9.53 Å². The highest BCUT2D eigenvalue weighted by atomic mass is 32.2. The molecule has 1 amide bonds.